The van der Waals surface area contributed by atoms with Crippen LogP contribution in [0.5, 0.6) is 5.88 Å². The molecule has 94 valence electrons. The lowest BCUT2D eigenvalue weighted by Crippen LogP contribution is -2.27. The van der Waals surface area contributed by atoms with Crippen LogP contribution in [-0.2, 0) is 0 Å². The smallest absolute Gasteiger partial charge is 0.288 e. The van der Waals surface area contributed by atoms with E-state index in [0.29, 0.717) is 24.1 Å². The first kappa shape index (κ1) is 13.4. The maximum Gasteiger partial charge on any atom is 0.288 e. The minimum atomic E-state index is -0.468. The number of hydrogen-bond acceptors (Lipinski definition) is 5. The van der Waals surface area contributed by atoms with Crippen molar-refractivity contribution < 1.29 is 9.66 Å². The maximum atomic E-state index is 10.5. The number of ether oxygens (including phenoxy) is 1. The summed E-state index contributed by atoms with van der Waals surface area (Å²) in [4.78, 5) is 14.0. The molecule has 17 heavy (non-hydrogen) atoms. The highest BCUT2D eigenvalue weighted by Gasteiger charge is 2.09. The van der Waals surface area contributed by atoms with Crippen LogP contribution in [0.4, 0.5) is 5.69 Å². The molecule has 0 fully saturated rings. The molecule has 0 aliphatic rings. The second kappa shape index (κ2) is 6.15. The average molecular weight is 239 g/mol. The molecule has 6 nitrogen and oxygen atoms in total. The number of rotatable bonds is 6. The van der Waals surface area contributed by atoms with Crippen molar-refractivity contribution in [1.82, 2.24) is 10.3 Å². The number of aromatic nitrogens is 1. The maximum absolute atomic E-state index is 10.5. The predicted octanol–water partition coefficient (Wildman–Crippen LogP) is 1.68. The van der Waals surface area contributed by atoms with E-state index >= 15 is 0 Å². The third kappa shape index (κ3) is 4.36. The van der Waals surface area contributed by atoms with Gasteiger partial charge in [0, 0.05) is 24.2 Å². The van der Waals surface area contributed by atoms with Gasteiger partial charge in [0.2, 0.25) is 5.88 Å². The summed E-state index contributed by atoms with van der Waals surface area (Å²) < 4.78 is 5.43. The molecule has 0 saturated carbocycles. The Balaban J connectivity index is 2.52. The van der Waals surface area contributed by atoms with Gasteiger partial charge < -0.3 is 10.1 Å². The molecule has 1 N–H and O–H groups in total. The molecule has 0 unspecified atom stereocenters. The molecule has 1 aromatic heterocycles. The molecule has 0 aliphatic heterocycles. The molecule has 0 radical (unpaired) electrons. The van der Waals surface area contributed by atoms with Crippen molar-refractivity contribution in [3.05, 3.63) is 27.9 Å². The van der Waals surface area contributed by atoms with E-state index in [2.05, 4.69) is 24.1 Å². The average Bonchev–Trinajstić information content (AvgIpc) is 2.25. The largest absolute Gasteiger partial charge is 0.476 e. The molecule has 0 spiro atoms. The van der Waals surface area contributed by atoms with E-state index in [1.807, 2.05) is 0 Å². The zero-order valence-electron chi connectivity index (χ0n) is 10.3. The summed E-state index contributed by atoms with van der Waals surface area (Å²) in [7, 11) is 0. The Morgan fingerprint density at radius 2 is 2.29 bits per heavy atom. The Morgan fingerprint density at radius 3 is 2.82 bits per heavy atom. The van der Waals surface area contributed by atoms with Crippen molar-refractivity contribution in [2.45, 2.75) is 26.8 Å². The summed E-state index contributed by atoms with van der Waals surface area (Å²) in [5.41, 5.74) is 0.652. The van der Waals surface area contributed by atoms with Gasteiger partial charge >= 0.3 is 0 Å². The SMILES string of the molecule is Cc1cc([N+](=O)[O-])cnc1OCCNC(C)C. The summed E-state index contributed by atoms with van der Waals surface area (Å²) in [5, 5.41) is 13.7. The molecule has 6 heteroatoms. The zero-order chi connectivity index (χ0) is 12.8. The molecule has 0 saturated heterocycles. The van der Waals surface area contributed by atoms with Crippen LogP contribution >= 0.6 is 0 Å². The first-order chi connectivity index (χ1) is 8.00. The number of nitrogens with zero attached hydrogens (tertiary/aromatic N) is 2. The highest BCUT2D eigenvalue weighted by Crippen LogP contribution is 2.19. The summed E-state index contributed by atoms with van der Waals surface area (Å²) in [6.45, 7) is 7.05. The molecule has 0 bridgehead atoms. The standard InChI is InChI=1S/C11H17N3O3/c1-8(2)12-4-5-17-11-9(3)6-10(7-13-11)14(15)16/h6-8,12H,4-5H2,1-3H3. The van der Waals surface area contributed by atoms with Gasteiger partial charge in [0.15, 0.2) is 0 Å². The van der Waals surface area contributed by atoms with Gasteiger partial charge in [-0.25, -0.2) is 4.98 Å². The minimum absolute atomic E-state index is 0.0184. The van der Waals surface area contributed by atoms with Crippen molar-refractivity contribution in [1.29, 1.82) is 0 Å². The monoisotopic (exact) mass is 239 g/mol. The van der Waals surface area contributed by atoms with Gasteiger partial charge in [0.1, 0.15) is 12.8 Å². The van der Waals surface area contributed by atoms with Crippen LogP contribution in [0.15, 0.2) is 12.3 Å². The van der Waals surface area contributed by atoms with Gasteiger partial charge in [0.25, 0.3) is 5.69 Å². The Kier molecular flexibility index (Phi) is 4.84. The van der Waals surface area contributed by atoms with E-state index in [0.717, 1.165) is 6.54 Å². The summed E-state index contributed by atoms with van der Waals surface area (Å²) in [5.74, 6) is 0.446. The van der Waals surface area contributed by atoms with E-state index in [4.69, 9.17) is 4.74 Å². The Morgan fingerprint density at radius 1 is 1.59 bits per heavy atom. The van der Waals surface area contributed by atoms with Crippen LogP contribution in [0, 0.1) is 17.0 Å². The Bertz CT molecular complexity index is 394. The second-order valence-electron chi connectivity index (χ2n) is 4.03. The van der Waals surface area contributed by atoms with Gasteiger partial charge in [-0.1, -0.05) is 13.8 Å². The van der Waals surface area contributed by atoms with Crippen LogP contribution in [0.1, 0.15) is 19.4 Å². The van der Waals surface area contributed by atoms with Crippen LogP contribution in [-0.4, -0.2) is 29.1 Å². The van der Waals surface area contributed by atoms with Gasteiger partial charge in [-0.2, -0.15) is 0 Å². The lowest BCUT2D eigenvalue weighted by atomic mass is 10.3. The third-order valence-electron chi connectivity index (χ3n) is 2.12. The first-order valence-corrected chi connectivity index (χ1v) is 5.48. The molecular formula is C11H17N3O3. The van der Waals surface area contributed by atoms with E-state index in [1.54, 1.807) is 6.92 Å². The van der Waals surface area contributed by atoms with E-state index in [9.17, 15) is 10.1 Å². The highest BCUT2D eigenvalue weighted by molar-refractivity contribution is 5.36. The summed E-state index contributed by atoms with van der Waals surface area (Å²) in [6, 6.07) is 1.86. The van der Waals surface area contributed by atoms with Gasteiger partial charge in [-0.05, 0) is 6.92 Å². The van der Waals surface area contributed by atoms with Crippen LogP contribution < -0.4 is 10.1 Å². The van der Waals surface area contributed by atoms with Crippen molar-refractivity contribution in [2.24, 2.45) is 0 Å². The summed E-state index contributed by atoms with van der Waals surface area (Å²) >= 11 is 0. The molecule has 0 aliphatic carbocycles. The topological polar surface area (TPSA) is 77.3 Å². The lowest BCUT2D eigenvalue weighted by molar-refractivity contribution is -0.385. The lowest BCUT2D eigenvalue weighted by Gasteiger charge is -2.10. The van der Waals surface area contributed by atoms with Gasteiger partial charge in [0.05, 0.1) is 4.92 Å². The fourth-order valence-electron chi connectivity index (χ4n) is 1.29. The molecule has 0 atom stereocenters. The second-order valence-corrected chi connectivity index (χ2v) is 4.03. The third-order valence-corrected chi connectivity index (χ3v) is 2.12. The number of aryl methyl sites for hydroxylation is 1. The number of nitrogens with one attached hydrogen (secondary N) is 1. The molecule has 1 heterocycles. The van der Waals surface area contributed by atoms with Crippen LogP contribution in [0.2, 0.25) is 0 Å². The van der Waals surface area contributed by atoms with Gasteiger partial charge in [-0.15, -0.1) is 0 Å². The minimum Gasteiger partial charge on any atom is -0.476 e. The van der Waals surface area contributed by atoms with E-state index in [1.165, 1.54) is 12.3 Å². The molecule has 0 aromatic carbocycles. The number of nitro groups is 1. The van der Waals surface area contributed by atoms with Crippen LogP contribution in [0.25, 0.3) is 0 Å². The highest BCUT2D eigenvalue weighted by atomic mass is 16.6. The van der Waals surface area contributed by atoms with E-state index in [-0.39, 0.29) is 5.69 Å². The molecular weight excluding hydrogens is 222 g/mol. The number of pyridine rings is 1. The molecule has 1 rings (SSSR count). The zero-order valence-corrected chi connectivity index (χ0v) is 10.3. The predicted molar refractivity (Wildman–Crippen MR) is 64.3 cm³/mol. The normalized spacial score (nSPS) is 10.6. The van der Waals surface area contributed by atoms with Gasteiger partial charge in [-0.3, -0.25) is 10.1 Å². The van der Waals surface area contributed by atoms with Crippen molar-refractivity contribution in [3.63, 3.8) is 0 Å². The van der Waals surface area contributed by atoms with Crippen molar-refractivity contribution in [2.75, 3.05) is 13.2 Å². The fraction of sp³-hybridized carbons (Fsp3) is 0.545. The summed E-state index contributed by atoms with van der Waals surface area (Å²) in [6.07, 6.45) is 1.21. The molecule has 0 amide bonds. The molecule has 1 aromatic rings. The quantitative estimate of drug-likeness (QED) is 0.464. The Labute approximate surface area is 100 Å². The van der Waals surface area contributed by atoms with Crippen LogP contribution in [0.3, 0.4) is 0 Å². The fourth-order valence-corrected chi connectivity index (χ4v) is 1.29. The first-order valence-electron chi connectivity index (χ1n) is 5.48. The van der Waals surface area contributed by atoms with Crippen molar-refractivity contribution >= 4 is 5.69 Å². The number of hydrogen-bond donors (Lipinski definition) is 1. The Hall–Kier alpha value is -1.69. The van der Waals surface area contributed by atoms with E-state index < -0.39 is 4.92 Å². The van der Waals surface area contributed by atoms with Crippen molar-refractivity contribution in [3.8, 4) is 5.88 Å².